The lowest BCUT2D eigenvalue weighted by Crippen LogP contribution is -2.19. The SMILES string of the molecule is COc1ccccc1CCNCc1c(C(=O)O)c(C)n(-c2ccc(C)cc2)c1C. The van der Waals surface area contributed by atoms with Crippen molar-refractivity contribution >= 4 is 5.97 Å². The number of rotatable bonds is 8. The minimum Gasteiger partial charge on any atom is -0.496 e. The third-order valence-corrected chi connectivity index (χ3v) is 5.34. The Hall–Kier alpha value is -3.05. The molecular formula is C24H28N2O3. The zero-order valence-electron chi connectivity index (χ0n) is 17.5. The van der Waals surface area contributed by atoms with Crippen molar-refractivity contribution in [3.63, 3.8) is 0 Å². The molecule has 29 heavy (non-hydrogen) atoms. The summed E-state index contributed by atoms with van der Waals surface area (Å²) in [6, 6.07) is 16.1. The molecule has 0 atom stereocenters. The normalized spacial score (nSPS) is 10.9. The highest BCUT2D eigenvalue weighted by Gasteiger charge is 2.23. The number of carbonyl (C=O) groups is 1. The van der Waals surface area contributed by atoms with Crippen molar-refractivity contribution in [3.8, 4) is 11.4 Å². The molecular weight excluding hydrogens is 364 g/mol. The second-order valence-corrected chi connectivity index (χ2v) is 7.24. The van der Waals surface area contributed by atoms with Crippen molar-refractivity contribution in [1.82, 2.24) is 9.88 Å². The van der Waals surface area contributed by atoms with E-state index in [0.717, 1.165) is 46.9 Å². The van der Waals surface area contributed by atoms with Crippen LogP contribution in [0.3, 0.4) is 0 Å². The number of aromatic carboxylic acids is 1. The summed E-state index contributed by atoms with van der Waals surface area (Å²) in [4.78, 5) is 12.0. The number of nitrogens with zero attached hydrogens (tertiary/aromatic N) is 1. The van der Waals surface area contributed by atoms with Crippen LogP contribution >= 0.6 is 0 Å². The van der Waals surface area contributed by atoms with E-state index in [1.807, 2.05) is 73.9 Å². The van der Waals surface area contributed by atoms with E-state index < -0.39 is 5.97 Å². The molecule has 0 amide bonds. The van der Waals surface area contributed by atoms with Crippen LogP contribution in [0.25, 0.3) is 5.69 Å². The Morgan fingerprint density at radius 1 is 1.03 bits per heavy atom. The van der Waals surface area contributed by atoms with E-state index in [1.165, 1.54) is 5.56 Å². The molecule has 2 aromatic carbocycles. The molecule has 0 aliphatic rings. The van der Waals surface area contributed by atoms with Crippen molar-refractivity contribution in [1.29, 1.82) is 0 Å². The summed E-state index contributed by atoms with van der Waals surface area (Å²) in [5.74, 6) is -0.0175. The van der Waals surface area contributed by atoms with Crippen molar-refractivity contribution in [2.75, 3.05) is 13.7 Å². The first-order valence-corrected chi connectivity index (χ1v) is 9.77. The molecule has 0 saturated carbocycles. The highest BCUT2D eigenvalue weighted by molar-refractivity contribution is 5.91. The number of nitrogens with one attached hydrogen (secondary N) is 1. The molecule has 1 heterocycles. The second-order valence-electron chi connectivity index (χ2n) is 7.24. The van der Waals surface area contributed by atoms with E-state index in [9.17, 15) is 9.90 Å². The average molecular weight is 392 g/mol. The molecule has 0 saturated heterocycles. The Morgan fingerprint density at radius 3 is 2.38 bits per heavy atom. The highest BCUT2D eigenvalue weighted by Crippen LogP contribution is 2.27. The predicted octanol–water partition coefficient (Wildman–Crippen LogP) is 4.44. The molecule has 152 valence electrons. The lowest BCUT2D eigenvalue weighted by atomic mass is 10.1. The fourth-order valence-corrected chi connectivity index (χ4v) is 3.82. The maximum Gasteiger partial charge on any atom is 0.337 e. The zero-order chi connectivity index (χ0) is 21.0. The molecule has 3 aromatic rings. The smallest absolute Gasteiger partial charge is 0.337 e. The van der Waals surface area contributed by atoms with E-state index >= 15 is 0 Å². The number of methoxy groups -OCH3 is 1. The Labute approximate surface area is 172 Å². The summed E-state index contributed by atoms with van der Waals surface area (Å²) in [5, 5.41) is 13.2. The number of para-hydroxylation sites is 1. The van der Waals surface area contributed by atoms with Crippen LogP contribution < -0.4 is 10.1 Å². The molecule has 5 nitrogen and oxygen atoms in total. The fourth-order valence-electron chi connectivity index (χ4n) is 3.82. The van der Waals surface area contributed by atoms with Crippen molar-refractivity contribution in [3.05, 3.63) is 82.2 Å². The van der Waals surface area contributed by atoms with Crippen molar-refractivity contribution < 1.29 is 14.6 Å². The van der Waals surface area contributed by atoms with Crippen LogP contribution in [0, 0.1) is 20.8 Å². The van der Waals surface area contributed by atoms with E-state index in [2.05, 4.69) is 5.32 Å². The van der Waals surface area contributed by atoms with Gasteiger partial charge in [0.25, 0.3) is 0 Å². The van der Waals surface area contributed by atoms with Crippen LogP contribution in [0.2, 0.25) is 0 Å². The molecule has 5 heteroatoms. The zero-order valence-corrected chi connectivity index (χ0v) is 17.5. The number of aromatic nitrogens is 1. The number of hydrogen-bond donors (Lipinski definition) is 2. The molecule has 0 aliphatic heterocycles. The highest BCUT2D eigenvalue weighted by atomic mass is 16.5. The molecule has 0 bridgehead atoms. The first-order valence-electron chi connectivity index (χ1n) is 9.77. The van der Waals surface area contributed by atoms with Gasteiger partial charge in [-0.05, 0) is 57.5 Å². The van der Waals surface area contributed by atoms with Gasteiger partial charge in [0, 0.05) is 29.2 Å². The molecule has 1 aromatic heterocycles. The van der Waals surface area contributed by atoms with Gasteiger partial charge in [-0.25, -0.2) is 4.79 Å². The summed E-state index contributed by atoms with van der Waals surface area (Å²) in [7, 11) is 1.67. The number of ether oxygens (including phenoxy) is 1. The van der Waals surface area contributed by atoms with Gasteiger partial charge in [0.05, 0.1) is 12.7 Å². The second kappa shape index (κ2) is 8.97. The van der Waals surface area contributed by atoms with Gasteiger partial charge >= 0.3 is 5.97 Å². The number of benzene rings is 2. The molecule has 0 unspecified atom stereocenters. The summed E-state index contributed by atoms with van der Waals surface area (Å²) < 4.78 is 7.43. The van der Waals surface area contributed by atoms with Crippen molar-refractivity contribution in [2.45, 2.75) is 33.7 Å². The van der Waals surface area contributed by atoms with Crippen LogP contribution in [0.1, 0.15) is 38.4 Å². The predicted molar refractivity (Wildman–Crippen MR) is 115 cm³/mol. The molecule has 0 spiro atoms. The van der Waals surface area contributed by atoms with Gasteiger partial charge in [-0.2, -0.15) is 0 Å². The summed E-state index contributed by atoms with van der Waals surface area (Å²) in [5.41, 5.74) is 6.20. The molecule has 0 radical (unpaired) electrons. The van der Waals surface area contributed by atoms with Gasteiger partial charge in [-0.1, -0.05) is 35.9 Å². The van der Waals surface area contributed by atoms with E-state index in [0.29, 0.717) is 12.1 Å². The molecule has 2 N–H and O–H groups in total. The van der Waals surface area contributed by atoms with Gasteiger partial charge < -0.3 is 19.7 Å². The number of carboxylic acids is 1. The number of aryl methyl sites for hydroxylation is 1. The van der Waals surface area contributed by atoms with Crippen LogP contribution in [-0.4, -0.2) is 29.3 Å². The van der Waals surface area contributed by atoms with Gasteiger partial charge in [0.2, 0.25) is 0 Å². The topological polar surface area (TPSA) is 63.5 Å². The van der Waals surface area contributed by atoms with Crippen LogP contribution in [0.5, 0.6) is 5.75 Å². The molecule has 0 aliphatic carbocycles. The lowest BCUT2D eigenvalue weighted by Gasteiger charge is -2.11. The van der Waals surface area contributed by atoms with E-state index in [-0.39, 0.29) is 0 Å². The summed E-state index contributed by atoms with van der Waals surface area (Å²) in [6.07, 6.45) is 0.809. The first-order chi connectivity index (χ1) is 13.9. The van der Waals surface area contributed by atoms with Gasteiger partial charge in [-0.15, -0.1) is 0 Å². The first kappa shape index (κ1) is 20.7. The fraction of sp³-hybridized carbons (Fsp3) is 0.292. The minimum atomic E-state index is -0.891. The van der Waals surface area contributed by atoms with Gasteiger partial charge in [-0.3, -0.25) is 0 Å². The minimum absolute atomic E-state index is 0.382. The maximum absolute atomic E-state index is 12.0. The number of hydrogen-bond acceptors (Lipinski definition) is 3. The van der Waals surface area contributed by atoms with Crippen molar-refractivity contribution in [2.24, 2.45) is 0 Å². The quantitative estimate of drug-likeness (QED) is 0.556. The monoisotopic (exact) mass is 392 g/mol. The summed E-state index contributed by atoms with van der Waals surface area (Å²) >= 11 is 0. The summed E-state index contributed by atoms with van der Waals surface area (Å²) in [6.45, 7) is 7.13. The number of carboxylic acid groups (broad SMARTS) is 1. The van der Waals surface area contributed by atoms with Crippen LogP contribution in [0.4, 0.5) is 0 Å². The third-order valence-electron chi connectivity index (χ3n) is 5.34. The maximum atomic E-state index is 12.0. The van der Waals surface area contributed by atoms with Gasteiger partial charge in [0.15, 0.2) is 0 Å². The third kappa shape index (κ3) is 4.35. The average Bonchev–Trinajstić information content (AvgIpc) is 2.96. The lowest BCUT2D eigenvalue weighted by molar-refractivity contribution is 0.0695. The van der Waals surface area contributed by atoms with E-state index in [1.54, 1.807) is 7.11 Å². The largest absolute Gasteiger partial charge is 0.496 e. The van der Waals surface area contributed by atoms with E-state index in [4.69, 9.17) is 4.74 Å². The molecule has 3 rings (SSSR count). The Morgan fingerprint density at radius 2 is 1.72 bits per heavy atom. The standard InChI is InChI=1S/C24H28N2O3/c1-16-9-11-20(12-10-16)26-17(2)21(23(18(26)3)24(27)28)15-25-14-13-19-7-5-6-8-22(19)29-4/h5-12,25H,13-15H2,1-4H3,(H,27,28). The van der Waals surface area contributed by atoms with Gasteiger partial charge in [0.1, 0.15) is 5.75 Å². The van der Waals surface area contributed by atoms with Crippen LogP contribution in [0.15, 0.2) is 48.5 Å². The Kier molecular flexibility index (Phi) is 6.39. The molecule has 0 fully saturated rings. The Bertz CT molecular complexity index is 1000. The van der Waals surface area contributed by atoms with Crippen LogP contribution in [-0.2, 0) is 13.0 Å². The Balaban J connectivity index is 1.80.